The number of nitrogens with zero attached hydrogens (tertiary/aromatic N) is 2. The molecular formula is C13H14N4O3S2. The molecule has 0 bridgehead atoms. The van der Waals surface area contributed by atoms with Crippen LogP contribution in [0, 0.1) is 0 Å². The molecule has 0 atom stereocenters. The highest BCUT2D eigenvalue weighted by atomic mass is 32.2. The van der Waals surface area contributed by atoms with E-state index in [4.69, 9.17) is 0 Å². The van der Waals surface area contributed by atoms with Crippen LogP contribution in [0.1, 0.15) is 6.42 Å². The molecule has 0 aliphatic carbocycles. The van der Waals surface area contributed by atoms with Gasteiger partial charge in [0, 0.05) is 25.5 Å². The van der Waals surface area contributed by atoms with Crippen molar-refractivity contribution < 1.29 is 8.42 Å². The summed E-state index contributed by atoms with van der Waals surface area (Å²) in [6.07, 6.45) is 5.86. The van der Waals surface area contributed by atoms with Crippen LogP contribution in [0.25, 0.3) is 10.2 Å². The molecule has 3 aromatic rings. The summed E-state index contributed by atoms with van der Waals surface area (Å²) in [4.78, 5) is 17.8. The molecule has 3 rings (SSSR count). The quantitative estimate of drug-likeness (QED) is 0.659. The molecule has 2 N–H and O–H groups in total. The summed E-state index contributed by atoms with van der Waals surface area (Å²) in [5.41, 5.74) is 0.538. The molecule has 0 saturated heterocycles. The molecule has 7 nitrogen and oxygen atoms in total. The van der Waals surface area contributed by atoms with E-state index in [0.29, 0.717) is 25.0 Å². The lowest BCUT2D eigenvalue weighted by atomic mass is 10.3. The van der Waals surface area contributed by atoms with Crippen LogP contribution in [0.3, 0.4) is 0 Å². The Kier molecular flexibility index (Phi) is 4.10. The van der Waals surface area contributed by atoms with Crippen LogP contribution in [0.4, 0.5) is 0 Å². The minimum absolute atomic E-state index is 0.150. The summed E-state index contributed by atoms with van der Waals surface area (Å²) < 4.78 is 29.6. The molecule has 22 heavy (non-hydrogen) atoms. The summed E-state index contributed by atoms with van der Waals surface area (Å²) in [6.45, 7) is 1.03. The summed E-state index contributed by atoms with van der Waals surface area (Å²) >= 11 is 1.06. The van der Waals surface area contributed by atoms with Gasteiger partial charge in [0.25, 0.3) is 0 Å². The number of sulfonamides is 1. The van der Waals surface area contributed by atoms with Crippen LogP contribution >= 0.6 is 11.3 Å². The Hall–Kier alpha value is -1.97. The van der Waals surface area contributed by atoms with Crippen molar-refractivity contribution in [3.05, 3.63) is 46.6 Å². The molecule has 0 spiro atoms. The van der Waals surface area contributed by atoms with Crippen molar-refractivity contribution in [2.24, 2.45) is 0 Å². The number of hydrogen-bond donors (Lipinski definition) is 2. The predicted octanol–water partition coefficient (Wildman–Crippen LogP) is 1.15. The van der Waals surface area contributed by atoms with E-state index >= 15 is 0 Å². The lowest BCUT2D eigenvalue weighted by molar-refractivity contribution is 0.570. The first-order chi connectivity index (χ1) is 10.5. The van der Waals surface area contributed by atoms with Gasteiger partial charge in [0.05, 0.1) is 21.4 Å². The van der Waals surface area contributed by atoms with E-state index in [1.54, 1.807) is 18.6 Å². The van der Waals surface area contributed by atoms with Crippen LogP contribution < -0.4 is 9.60 Å². The van der Waals surface area contributed by atoms with Gasteiger partial charge in [-0.2, -0.15) is 0 Å². The first-order valence-corrected chi connectivity index (χ1v) is 8.93. The fourth-order valence-electron chi connectivity index (χ4n) is 2.07. The third kappa shape index (κ3) is 3.26. The third-order valence-corrected chi connectivity index (χ3v) is 5.47. The number of aromatic nitrogens is 3. The van der Waals surface area contributed by atoms with Crippen molar-refractivity contribution in [3.63, 3.8) is 0 Å². The average Bonchev–Trinajstić information content (AvgIpc) is 3.10. The molecular weight excluding hydrogens is 324 g/mol. The van der Waals surface area contributed by atoms with Gasteiger partial charge in [0.2, 0.25) is 10.0 Å². The monoisotopic (exact) mass is 338 g/mol. The SMILES string of the molecule is O=c1[nH]c2cc(S(=O)(=O)NCCCn3ccnc3)ccc2s1. The van der Waals surface area contributed by atoms with E-state index in [1.807, 2.05) is 10.8 Å². The maximum absolute atomic E-state index is 12.2. The molecule has 2 aromatic heterocycles. The number of hydrogen-bond acceptors (Lipinski definition) is 5. The maximum Gasteiger partial charge on any atom is 0.305 e. The topological polar surface area (TPSA) is 96.9 Å². The molecule has 0 unspecified atom stereocenters. The molecule has 9 heteroatoms. The molecule has 0 aliphatic heterocycles. The highest BCUT2D eigenvalue weighted by molar-refractivity contribution is 7.89. The third-order valence-electron chi connectivity index (χ3n) is 3.15. The number of imidazole rings is 1. The fourth-order valence-corrected chi connectivity index (χ4v) is 3.89. The van der Waals surface area contributed by atoms with Crippen molar-refractivity contribution in [1.82, 2.24) is 19.3 Å². The van der Waals surface area contributed by atoms with Gasteiger partial charge in [0.1, 0.15) is 0 Å². The molecule has 1 aromatic carbocycles. The second kappa shape index (κ2) is 6.03. The zero-order chi connectivity index (χ0) is 15.6. The Morgan fingerprint density at radius 1 is 1.36 bits per heavy atom. The normalized spacial score (nSPS) is 12.0. The molecule has 0 fully saturated rings. The summed E-state index contributed by atoms with van der Waals surface area (Å²) in [7, 11) is -3.58. The zero-order valence-corrected chi connectivity index (χ0v) is 13.2. The minimum Gasteiger partial charge on any atom is -0.337 e. The molecule has 0 radical (unpaired) electrons. The number of aryl methyl sites for hydroxylation is 1. The smallest absolute Gasteiger partial charge is 0.305 e. The Bertz CT molecular complexity index is 926. The van der Waals surface area contributed by atoms with Crippen LogP contribution in [-0.2, 0) is 16.6 Å². The summed E-state index contributed by atoms with van der Waals surface area (Å²) in [5, 5.41) is 0. The zero-order valence-electron chi connectivity index (χ0n) is 11.5. The fraction of sp³-hybridized carbons (Fsp3) is 0.231. The van der Waals surface area contributed by atoms with Gasteiger partial charge in [-0.1, -0.05) is 11.3 Å². The average molecular weight is 338 g/mol. The van der Waals surface area contributed by atoms with Crippen LogP contribution in [-0.4, -0.2) is 29.5 Å². The van der Waals surface area contributed by atoms with Crippen LogP contribution in [0.2, 0.25) is 0 Å². The van der Waals surface area contributed by atoms with Gasteiger partial charge >= 0.3 is 4.87 Å². The van der Waals surface area contributed by atoms with Crippen molar-refractivity contribution in [2.45, 2.75) is 17.9 Å². The molecule has 0 saturated carbocycles. The number of thiazole rings is 1. The number of aromatic amines is 1. The Morgan fingerprint density at radius 2 is 2.23 bits per heavy atom. The van der Waals surface area contributed by atoms with Crippen LogP contribution in [0.5, 0.6) is 0 Å². The Morgan fingerprint density at radius 3 is 3.00 bits per heavy atom. The lowest BCUT2D eigenvalue weighted by Gasteiger charge is -2.07. The van der Waals surface area contributed by atoms with E-state index in [1.165, 1.54) is 12.1 Å². The lowest BCUT2D eigenvalue weighted by Crippen LogP contribution is -2.25. The number of fused-ring (bicyclic) bond motifs is 1. The summed E-state index contributed by atoms with van der Waals surface area (Å²) in [5.74, 6) is 0. The van der Waals surface area contributed by atoms with E-state index in [2.05, 4.69) is 14.7 Å². The number of H-pyrrole nitrogens is 1. The van der Waals surface area contributed by atoms with Gasteiger partial charge in [-0.15, -0.1) is 0 Å². The first kappa shape index (κ1) is 14.9. The summed E-state index contributed by atoms with van der Waals surface area (Å²) in [6, 6.07) is 4.62. The van der Waals surface area contributed by atoms with E-state index in [9.17, 15) is 13.2 Å². The van der Waals surface area contributed by atoms with Gasteiger partial charge in [0.15, 0.2) is 0 Å². The molecule has 116 valence electrons. The number of rotatable bonds is 6. The van der Waals surface area contributed by atoms with Gasteiger partial charge < -0.3 is 9.55 Å². The van der Waals surface area contributed by atoms with E-state index in [-0.39, 0.29) is 9.77 Å². The van der Waals surface area contributed by atoms with Gasteiger partial charge in [-0.25, -0.2) is 18.1 Å². The predicted molar refractivity (Wildman–Crippen MR) is 84.5 cm³/mol. The molecule has 2 heterocycles. The van der Waals surface area contributed by atoms with Crippen molar-refractivity contribution in [2.75, 3.05) is 6.54 Å². The van der Waals surface area contributed by atoms with Crippen molar-refractivity contribution >= 4 is 31.6 Å². The largest absolute Gasteiger partial charge is 0.337 e. The Balaban J connectivity index is 1.66. The first-order valence-electron chi connectivity index (χ1n) is 6.63. The second-order valence-electron chi connectivity index (χ2n) is 4.72. The van der Waals surface area contributed by atoms with Gasteiger partial charge in [-0.3, -0.25) is 4.79 Å². The maximum atomic E-state index is 12.2. The van der Waals surface area contributed by atoms with E-state index in [0.717, 1.165) is 16.0 Å². The van der Waals surface area contributed by atoms with Crippen molar-refractivity contribution in [1.29, 1.82) is 0 Å². The van der Waals surface area contributed by atoms with Crippen LogP contribution in [0.15, 0.2) is 46.6 Å². The second-order valence-corrected chi connectivity index (χ2v) is 7.51. The van der Waals surface area contributed by atoms with Gasteiger partial charge in [-0.05, 0) is 24.6 Å². The minimum atomic E-state index is -3.58. The number of benzene rings is 1. The standard InChI is InChI=1S/C13H14N4O3S2/c18-13-16-11-8-10(2-3-12(11)21-13)22(19,20)15-4-1-6-17-7-5-14-9-17/h2-3,5,7-9,15H,1,4,6H2,(H,16,18). The van der Waals surface area contributed by atoms with E-state index < -0.39 is 10.0 Å². The van der Waals surface area contributed by atoms with Crippen molar-refractivity contribution in [3.8, 4) is 0 Å². The Labute approximate surface area is 130 Å². The highest BCUT2D eigenvalue weighted by Crippen LogP contribution is 2.19. The molecule has 0 amide bonds. The number of nitrogens with one attached hydrogen (secondary N) is 2. The molecule has 0 aliphatic rings. The highest BCUT2D eigenvalue weighted by Gasteiger charge is 2.14.